The molecule has 2 rings (SSSR count). The molecular weight excluding hydrogens is 374 g/mol. The fraction of sp³-hybridized carbons (Fsp3) is 0.385. The third kappa shape index (κ3) is 6.31. The van der Waals surface area contributed by atoms with Crippen LogP contribution in [0.2, 0.25) is 0 Å². The number of allylic oxidation sites excluding steroid dienone is 1. The Morgan fingerprint density at radius 1 is 1.03 bits per heavy atom. The van der Waals surface area contributed by atoms with Gasteiger partial charge in [-0.25, -0.2) is 4.79 Å². The normalized spacial score (nSPS) is 12.9. The van der Waals surface area contributed by atoms with E-state index in [9.17, 15) is 4.79 Å². The van der Waals surface area contributed by atoms with Crippen molar-refractivity contribution in [2.45, 2.75) is 53.9 Å². The quantitative estimate of drug-likeness (QED) is 0.527. The predicted molar refractivity (Wildman–Crippen MR) is 125 cm³/mol. The lowest BCUT2D eigenvalue weighted by Gasteiger charge is -2.24. The van der Waals surface area contributed by atoms with Crippen LogP contribution >= 0.6 is 0 Å². The zero-order chi connectivity index (χ0) is 22.5. The first-order chi connectivity index (χ1) is 14.0. The summed E-state index contributed by atoms with van der Waals surface area (Å²) in [5.74, 6) is 0.481. The molecule has 0 saturated carbocycles. The number of hydrogen-bond donors (Lipinski definition) is 1. The number of benzene rings is 2. The van der Waals surface area contributed by atoms with E-state index in [4.69, 9.17) is 9.84 Å². The molecule has 2 aromatic carbocycles. The maximum atomic E-state index is 11.0. The summed E-state index contributed by atoms with van der Waals surface area (Å²) in [6.45, 7) is 15.5. The summed E-state index contributed by atoms with van der Waals surface area (Å²) in [6, 6.07) is 13.1. The second-order valence-electron chi connectivity index (χ2n) is 9.07. The minimum Gasteiger partial charge on any atom is -0.493 e. The Morgan fingerprint density at radius 2 is 1.60 bits per heavy atom. The molecule has 160 valence electrons. The van der Waals surface area contributed by atoms with Gasteiger partial charge in [-0.05, 0) is 66.1 Å². The van der Waals surface area contributed by atoms with Crippen LogP contribution in [-0.4, -0.2) is 23.4 Å². The first-order valence-electron chi connectivity index (χ1n) is 10.3. The van der Waals surface area contributed by atoms with Gasteiger partial charge in [0.1, 0.15) is 5.75 Å². The minimum atomic E-state index is -0.928. The molecule has 0 bridgehead atoms. The van der Waals surface area contributed by atoms with Crippen LogP contribution in [0, 0.1) is 5.92 Å². The number of hydrogen-bond acceptors (Lipinski definition) is 3. The van der Waals surface area contributed by atoms with Crippen LogP contribution in [0.25, 0.3) is 5.57 Å². The van der Waals surface area contributed by atoms with Gasteiger partial charge in [-0.1, -0.05) is 52.8 Å². The lowest BCUT2D eigenvalue weighted by Crippen LogP contribution is -2.15. The van der Waals surface area contributed by atoms with Gasteiger partial charge in [-0.3, -0.25) is 4.99 Å². The van der Waals surface area contributed by atoms with Crippen molar-refractivity contribution in [3.8, 4) is 5.75 Å². The van der Waals surface area contributed by atoms with Crippen LogP contribution in [0.15, 0.2) is 53.7 Å². The SMILES string of the molecule is C/C(=C\N=C(/C)c1ccc(C(=O)O)cc1)c1ccc(OCC(C)C)c(C(C)(C)C)c1. The number of carbonyl (C=O) groups is 1. The Morgan fingerprint density at radius 3 is 2.13 bits per heavy atom. The summed E-state index contributed by atoms with van der Waals surface area (Å²) in [5.41, 5.74) is 5.31. The van der Waals surface area contributed by atoms with E-state index in [1.165, 1.54) is 5.56 Å². The molecule has 0 aliphatic rings. The third-order valence-corrected chi connectivity index (χ3v) is 4.82. The van der Waals surface area contributed by atoms with E-state index in [1.807, 2.05) is 20.0 Å². The molecule has 2 aromatic rings. The molecule has 4 heteroatoms. The van der Waals surface area contributed by atoms with E-state index in [-0.39, 0.29) is 11.0 Å². The fourth-order valence-corrected chi connectivity index (χ4v) is 2.94. The van der Waals surface area contributed by atoms with Crippen molar-refractivity contribution in [1.82, 2.24) is 0 Å². The third-order valence-electron chi connectivity index (χ3n) is 4.82. The standard InChI is InChI=1S/C26H33NO3/c1-17(2)16-30-24-13-12-22(14-23(24)26(5,6)7)18(3)15-27-19(4)20-8-10-21(11-9-20)25(28)29/h8-15,17H,16H2,1-7H3,(H,28,29)/b18-15+,27-19+. The smallest absolute Gasteiger partial charge is 0.335 e. The summed E-state index contributed by atoms with van der Waals surface area (Å²) < 4.78 is 6.05. The molecule has 0 fully saturated rings. The average Bonchev–Trinajstić information content (AvgIpc) is 2.69. The van der Waals surface area contributed by atoms with Crippen molar-refractivity contribution in [2.75, 3.05) is 6.61 Å². The second kappa shape index (κ2) is 9.75. The number of ether oxygens (including phenoxy) is 1. The average molecular weight is 408 g/mol. The van der Waals surface area contributed by atoms with Crippen molar-refractivity contribution in [3.63, 3.8) is 0 Å². The highest BCUT2D eigenvalue weighted by Crippen LogP contribution is 2.34. The molecule has 0 spiro atoms. The van der Waals surface area contributed by atoms with Gasteiger partial charge in [0.05, 0.1) is 12.2 Å². The molecule has 0 unspecified atom stereocenters. The van der Waals surface area contributed by atoms with E-state index in [1.54, 1.807) is 24.3 Å². The Bertz CT molecular complexity index is 945. The molecule has 0 saturated heterocycles. The monoisotopic (exact) mass is 407 g/mol. The van der Waals surface area contributed by atoms with E-state index in [2.05, 4.69) is 57.8 Å². The van der Waals surface area contributed by atoms with E-state index in [0.717, 1.165) is 28.2 Å². The first-order valence-corrected chi connectivity index (χ1v) is 10.3. The summed E-state index contributed by atoms with van der Waals surface area (Å²) in [4.78, 5) is 15.6. The maximum absolute atomic E-state index is 11.0. The van der Waals surface area contributed by atoms with Crippen LogP contribution in [0.4, 0.5) is 0 Å². The predicted octanol–water partition coefficient (Wildman–Crippen LogP) is 6.59. The van der Waals surface area contributed by atoms with Crippen LogP contribution in [0.5, 0.6) is 5.75 Å². The second-order valence-corrected chi connectivity index (χ2v) is 9.07. The van der Waals surface area contributed by atoms with Gasteiger partial charge in [0.2, 0.25) is 0 Å². The molecule has 30 heavy (non-hydrogen) atoms. The molecule has 1 N–H and O–H groups in total. The van der Waals surface area contributed by atoms with Gasteiger partial charge in [-0.2, -0.15) is 0 Å². The summed E-state index contributed by atoms with van der Waals surface area (Å²) in [6.07, 6.45) is 1.86. The van der Waals surface area contributed by atoms with Crippen LogP contribution < -0.4 is 4.74 Å². The molecule has 0 aliphatic carbocycles. The molecule has 0 aliphatic heterocycles. The summed E-state index contributed by atoms with van der Waals surface area (Å²) in [7, 11) is 0. The van der Waals surface area contributed by atoms with Crippen LogP contribution in [-0.2, 0) is 5.41 Å². The van der Waals surface area contributed by atoms with Crippen molar-refractivity contribution >= 4 is 17.3 Å². The zero-order valence-corrected chi connectivity index (χ0v) is 19.1. The molecule has 0 radical (unpaired) electrons. The van der Waals surface area contributed by atoms with E-state index >= 15 is 0 Å². The maximum Gasteiger partial charge on any atom is 0.335 e. The van der Waals surface area contributed by atoms with Gasteiger partial charge in [-0.15, -0.1) is 0 Å². The van der Waals surface area contributed by atoms with Gasteiger partial charge >= 0.3 is 5.97 Å². The Hall–Kier alpha value is -2.88. The molecule has 0 amide bonds. The molecule has 0 aromatic heterocycles. The molecular formula is C26H33NO3. The largest absolute Gasteiger partial charge is 0.493 e. The van der Waals surface area contributed by atoms with Crippen molar-refractivity contribution in [2.24, 2.45) is 10.9 Å². The molecule has 0 heterocycles. The first kappa shape index (κ1) is 23.4. The topological polar surface area (TPSA) is 58.9 Å². The van der Waals surface area contributed by atoms with Gasteiger partial charge in [0.25, 0.3) is 0 Å². The lowest BCUT2D eigenvalue weighted by atomic mass is 9.84. The van der Waals surface area contributed by atoms with Gasteiger partial charge in [0.15, 0.2) is 0 Å². The number of carboxylic acid groups (broad SMARTS) is 1. The Kier molecular flexibility index (Phi) is 7.60. The summed E-state index contributed by atoms with van der Waals surface area (Å²) in [5, 5.41) is 9.03. The Labute approximate surface area is 180 Å². The number of rotatable bonds is 7. The van der Waals surface area contributed by atoms with Gasteiger partial charge < -0.3 is 9.84 Å². The van der Waals surface area contributed by atoms with Crippen LogP contribution in [0.1, 0.15) is 75.5 Å². The van der Waals surface area contributed by atoms with Gasteiger partial charge in [0, 0.05) is 17.5 Å². The molecule has 4 nitrogen and oxygen atoms in total. The van der Waals surface area contributed by atoms with E-state index in [0.29, 0.717) is 12.5 Å². The van der Waals surface area contributed by atoms with Crippen molar-refractivity contribution < 1.29 is 14.6 Å². The molecule has 0 atom stereocenters. The fourth-order valence-electron chi connectivity index (χ4n) is 2.94. The minimum absolute atomic E-state index is 0.0341. The number of nitrogens with zero attached hydrogens (tertiary/aromatic N) is 1. The number of carboxylic acids is 1. The highest BCUT2D eigenvalue weighted by molar-refractivity contribution is 6.00. The van der Waals surface area contributed by atoms with E-state index < -0.39 is 5.97 Å². The lowest BCUT2D eigenvalue weighted by molar-refractivity contribution is 0.0697. The highest BCUT2D eigenvalue weighted by atomic mass is 16.5. The van der Waals surface area contributed by atoms with Crippen LogP contribution in [0.3, 0.4) is 0 Å². The van der Waals surface area contributed by atoms with Crippen molar-refractivity contribution in [1.29, 1.82) is 0 Å². The summed E-state index contributed by atoms with van der Waals surface area (Å²) >= 11 is 0. The van der Waals surface area contributed by atoms with Crippen molar-refractivity contribution in [3.05, 3.63) is 70.9 Å². The zero-order valence-electron chi connectivity index (χ0n) is 19.1. The number of aliphatic imine (C=N–C) groups is 1. The highest BCUT2D eigenvalue weighted by Gasteiger charge is 2.20. The Balaban J connectivity index is 2.30. The number of aromatic carboxylic acids is 1.